The molecule has 1 spiro atoms. The lowest BCUT2D eigenvalue weighted by molar-refractivity contribution is 0.0478. The van der Waals surface area contributed by atoms with Gasteiger partial charge in [0.1, 0.15) is 11.0 Å². The van der Waals surface area contributed by atoms with E-state index in [4.69, 9.17) is 4.98 Å². The maximum Gasteiger partial charge on any atom is 0.278 e. The Labute approximate surface area is 263 Å². The molecule has 0 unspecified atom stereocenters. The average Bonchev–Trinajstić information content (AvgIpc) is 3.31. The summed E-state index contributed by atoms with van der Waals surface area (Å²) in [6.07, 6.45) is 8.64. The van der Waals surface area contributed by atoms with Crippen LogP contribution in [0.5, 0.6) is 0 Å². The number of fused-ring (bicyclic) bond motifs is 1. The molecule has 236 valence electrons. The summed E-state index contributed by atoms with van der Waals surface area (Å²) in [4.78, 5) is 32.4. The van der Waals surface area contributed by atoms with Crippen molar-refractivity contribution < 1.29 is 5.11 Å². The van der Waals surface area contributed by atoms with Crippen molar-refractivity contribution in [1.29, 1.82) is 0 Å². The van der Waals surface area contributed by atoms with Crippen LogP contribution in [-0.4, -0.2) is 79.6 Å². The molecule has 45 heavy (non-hydrogen) atoms. The summed E-state index contributed by atoms with van der Waals surface area (Å²) in [5, 5.41) is 17.7. The van der Waals surface area contributed by atoms with Crippen molar-refractivity contribution in [3.8, 4) is 5.82 Å². The second kappa shape index (κ2) is 11.7. The molecule has 3 aliphatic rings. The first kappa shape index (κ1) is 29.6. The molecule has 0 atom stereocenters. The molecule has 3 aromatic heterocycles. The van der Waals surface area contributed by atoms with E-state index in [0.717, 1.165) is 37.9 Å². The number of pyridine rings is 1. The number of aromatic nitrogens is 5. The second-order valence-corrected chi connectivity index (χ2v) is 13.4. The minimum Gasteiger partial charge on any atom is -0.384 e. The minimum absolute atomic E-state index is 0.237. The van der Waals surface area contributed by atoms with Crippen LogP contribution in [0.15, 0.2) is 66.1 Å². The van der Waals surface area contributed by atoms with E-state index in [1.165, 1.54) is 49.1 Å². The summed E-state index contributed by atoms with van der Waals surface area (Å²) in [5.41, 5.74) is 2.22. The lowest BCUT2D eigenvalue weighted by Gasteiger charge is -2.50. The Hall–Kier alpha value is -4.06. The summed E-state index contributed by atoms with van der Waals surface area (Å²) in [6.45, 7) is 14.2. The molecule has 11 nitrogen and oxygen atoms in total. The molecule has 0 radical (unpaired) electrons. The SMILES string of the molecule is C=CCn1c(=O)c2cnc(Nc3ccc(N4CCN(C5CCC6(CC5)CNC6)CC4)cc3)nc2n1-c1cccc(C(C)(C)O)n1. The summed E-state index contributed by atoms with van der Waals surface area (Å²) < 4.78 is 3.19. The van der Waals surface area contributed by atoms with Gasteiger partial charge in [0.15, 0.2) is 11.5 Å². The summed E-state index contributed by atoms with van der Waals surface area (Å²) >= 11 is 0. The molecule has 2 aliphatic heterocycles. The maximum absolute atomic E-state index is 13.3. The Bertz CT molecular complexity index is 1730. The fourth-order valence-electron chi connectivity index (χ4n) is 7.13. The average molecular weight is 610 g/mol. The third-order valence-corrected chi connectivity index (χ3v) is 9.89. The lowest BCUT2D eigenvalue weighted by atomic mass is 9.68. The first-order valence-electron chi connectivity index (χ1n) is 16.1. The van der Waals surface area contributed by atoms with E-state index in [1.807, 2.05) is 18.2 Å². The van der Waals surface area contributed by atoms with Gasteiger partial charge in [-0.3, -0.25) is 9.69 Å². The zero-order chi connectivity index (χ0) is 31.2. The Kier molecular flexibility index (Phi) is 7.71. The number of benzene rings is 1. The molecule has 1 aliphatic carbocycles. The number of nitrogens with zero attached hydrogens (tertiary/aromatic N) is 7. The van der Waals surface area contributed by atoms with Crippen molar-refractivity contribution in [2.75, 3.05) is 49.5 Å². The van der Waals surface area contributed by atoms with Crippen LogP contribution in [0.3, 0.4) is 0 Å². The Morgan fingerprint density at radius 3 is 2.44 bits per heavy atom. The van der Waals surface area contributed by atoms with Gasteiger partial charge < -0.3 is 20.6 Å². The fraction of sp³-hybridized carbons (Fsp3) is 0.471. The first-order chi connectivity index (χ1) is 21.7. The molecule has 0 bridgehead atoms. The van der Waals surface area contributed by atoms with Crippen molar-refractivity contribution in [3.63, 3.8) is 0 Å². The van der Waals surface area contributed by atoms with Crippen molar-refractivity contribution in [2.45, 2.75) is 57.7 Å². The number of hydrogen-bond acceptors (Lipinski definition) is 9. The van der Waals surface area contributed by atoms with Gasteiger partial charge in [0, 0.05) is 62.9 Å². The van der Waals surface area contributed by atoms with Gasteiger partial charge in [0.05, 0.1) is 12.2 Å². The highest BCUT2D eigenvalue weighted by molar-refractivity contribution is 5.77. The van der Waals surface area contributed by atoms with Crippen LogP contribution in [-0.2, 0) is 12.1 Å². The minimum atomic E-state index is -1.14. The molecule has 2 saturated heterocycles. The number of anilines is 3. The molecule has 3 fully saturated rings. The van der Waals surface area contributed by atoms with Gasteiger partial charge in [0.2, 0.25) is 5.95 Å². The molecule has 1 saturated carbocycles. The summed E-state index contributed by atoms with van der Waals surface area (Å²) in [6, 6.07) is 14.5. The normalized spacial score (nSPS) is 19.1. The molecular weight excluding hydrogens is 566 g/mol. The second-order valence-electron chi connectivity index (χ2n) is 13.4. The zero-order valence-electron chi connectivity index (χ0n) is 26.2. The lowest BCUT2D eigenvalue weighted by Crippen LogP contribution is -2.58. The number of hydrogen-bond donors (Lipinski definition) is 3. The van der Waals surface area contributed by atoms with Gasteiger partial charge in [0.25, 0.3) is 5.56 Å². The van der Waals surface area contributed by atoms with Gasteiger partial charge in [-0.25, -0.2) is 19.3 Å². The number of nitrogens with one attached hydrogen (secondary N) is 2. The molecule has 7 rings (SSSR count). The first-order valence-corrected chi connectivity index (χ1v) is 16.1. The zero-order valence-corrected chi connectivity index (χ0v) is 26.2. The van der Waals surface area contributed by atoms with Crippen LogP contribution in [0, 0.1) is 5.41 Å². The summed E-state index contributed by atoms with van der Waals surface area (Å²) in [7, 11) is 0. The van der Waals surface area contributed by atoms with Gasteiger partial charge in [-0.15, -0.1) is 6.58 Å². The maximum atomic E-state index is 13.3. The highest BCUT2D eigenvalue weighted by atomic mass is 16.3. The van der Waals surface area contributed by atoms with Gasteiger partial charge >= 0.3 is 0 Å². The highest BCUT2D eigenvalue weighted by Crippen LogP contribution is 2.41. The van der Waals surface area contributed by atoms with Crippen LogP contribution >= 0.6 is 0 Å². The monoisotopic (exact) mass is 609 g/mol. The molecule has 4 aromatic rings. The molecular formula is C34H43N9O2. The van der Waals surface area contributed by atoms with Crippen LogP contribution in [0.2, 0.25) is 0 Å². The van der Waals surface area contributed by atoms with E-state index in [2.05, 4.69) is 49.1 Å². The third kappa shape index (κ3) is 5.76. The van der Waals surface area contributed by atoms with Crippen molar-refractivity contribution in [1.82, 2.24) is 34.5 Å². The predicted molar refractivity (Wildman–Crippen MR) is 177 cm³/mol. The Morgan fingerprint density at radius 1 is 1.07 bits per heavy atom. The quantitative estimate of drug-likeness (QED) is 0.257. The Balaban J connectivity index is 1.06. The third-order valence-electron chi connectivity index (χ3n) is 9.89. The predicted octanol–water partition coefficient (Wildman–Crippen LogP) is 3.79. The number of rotatable bonds is 8. The number of piperazine rings is 1. The van der Waals surface area contributed by atoms with E-state index >= 15 is 0 Å². The van der Waals surface area contributed by atoms with Crippen LogP contribution in [0.4, 0.5) is 17.3 Å². The van der Waals surface area contributed by atoms with Crippen LogP contribution in [0.1, 0.15) is 45.2 Å². The molecule has 1 aromatic carbocycles. The van der Waals surface area contributed by atoms with Crippen molar-refractivity contribution >= 4 is 28.4 Å². The van der Waals surface area contributed by atoms with Gasteiger partial charge in [-0.2, -0.15) is 4.98 Å². The largest absolute Gasteiger partial charge is 0.384 e. The van der Waals surface area contributed by atoms with E-state index in [0.29, 0.717) is 33.9 Å². The van der Waals surface area contributed by atoms with Crippen LogP contribution < -0.4 is 21.1 Å². The van der Waals surface area contributed by atoms with Gasteiger partial charge in [-0.05, 0) is 81.3 Å². The number of allylic oxidation sites excluding steroid dienone is 1. The van der Waals surface area contributed by atoms with E-state index in [-0.39, 0.29) is 12.1 Å². The van der Waals surface area contributed by atoms with Gasteiger partial charge in [-0.1, -0.05) is 12.1 Å². The summed E-state index contributed by atoms with van der Waals surface area (Å²) in [5.74, 6) is 0.847. The highest BCUT2D eigenvalue weighted by Gasteiger charge is 2.41. The molecule has 0 amide bonds. The van der Waals surface area contributed by atoms with E-state index in [9.17, 15) is 9.90 Å². The molecule has 5 heterocycles. The number of aliphatic hydroxyl groups is 1. The van der Waals surface area contributed by atoms with E-state index < -0.39 is 5.60 Å². The molecule has 11 heteroatoms. The molecule has 3 N–H and O–H groups in total. The topological polar surface area (TPSA) is 116 Å². The van der Waals surface area contributed by atoms with Crippen LogP contribution in [0.25, 0.3) is 16.9 Å². The smallest absolute Gasteiger partial charge is 0.278 e. The van der Waals surface area contributed by atoms with Crippen molar-refractivity contribution in [2.24, 2.45) is 5.41 Å². The fourth-order valence-corrected chi connectivity index (χ4v) is 7.13. The Morgan fingerprint density at radius 2 is 1.80 bits per heavy atom. The standard InChI is InChI=1S/C34H43N9O2/c1-4-16-42-31(44)27-21-36-32(39-30(27)43(42)29-7-5-6-28(38-29)33(2,3)45)37-24-8-10-25(11-9-24)40-17-19-41(20-18-40)26-12-14-34(15-13-26)22-35-23-34/h4-11,21,26,35,45H,1,12-20,22-23H2,2-3H3,(H,36,37,39). The van der Waals surface area contributed by atoms with E-state index in [1.54, 1.807) is 42.9 Å². The van der Waals surface area contributed by atoms with Crippen molar-refractivity contribution in [3.05, 3.63) is 77.4 Å².